The molecule has 1 aliphatic heterocycles. The molecule has 0 saturated heterocycles. The standard InChI is InChI=1S/C16H15Cl2NO/c17-14-6-2-4-12(15(14)18)13-5-1-3-10-7-8-11(9-19)20-16(10)13/h1-6,11H,7-9,19H2/t11-/m1/s1. The first kappa shape index (κ1) is 13.7. The van der Waals surface area contributed by atoms with Gasteiger partial charge >= 0.3 is 0 Å². The van der Waals surface area contributed by atoms with Crippen molar-refractivity contribution < 1.29 is 4.74 Å². The van der Waals surface area contributed by atoms with Crippen LogP contribution in [0.15, 0.2) is 36.4 Å². The fourth-order valence-electron chi connectivity index (χ4n) is 2.55. The van der Waals surface area contributed by atoms with Gasteiger partial charge in [-0.1, -0.05) is 53.5 Å². The van der Waals surface area contributed by atoms with Crippen LogP contribution < -0.4 is 10.5 Å². The third kappa shape index (κ3) is 2.39. The summed E-state index contributed by atoms with van der Waals surface area (Å²) < 4.78 is 6.03. The zero-order valence-corrected chi connectivity index (χ0v) is 12.4. The maximum atomic E-state index is 6.33. The third-order valence-electron chi connectivity index (χ3n) is 3.62. The summed E-state index contributed by atoms with van der Waals surface area (Å²) in [4.78, 5) is 0. The van der Waals surface area contributed by atoms with E-state index >= 15 is 0 Å². The van der Waals surface area contributed by atoms with Crippen LogP contribution in [-0.2, 0) is 6.42 Å². The number of halogens is 2. The van der Waals surface area contributed by atoms with Gasteiger partial charge in [-0.3, -0.25) is 0 Å². The Morgan fingerprint density at radius 2 is 1.85 bits per heavy atom. The van der Waals surface area contributed by atoms with Crippen molar-refractivity contribution in [3.05, 3.63) is 52.0 Å². The SMILES string of the molecule is NC[C@H]1CCc2cccc(-c3cccc(Cl)c3Cl)c2O1. The van der Waals surface area contributed by atoms with E-state index in [-0.39, 0.29) is 6.10 Å². The Hall–Kier alpha value is -1.22. The van der Waals surface area contributed by atoms with Crippen molar-refractivity contribution in [3.8, 4) is 16.9 Å². The molecule has 0 fully saturated rings. The zero-order valence-electron chi connectivity index (χ0n) is 10.9. The summed E-state index contributed by atoms with van der Waals surface area (Å²) in [7, 11) is 0. The van der Waals surface area contributed by atoms with Crippen LogP contribution in [-0.4, -0.2) is 12.6 Å². The predicted molar refractivity (Wildman–Crippen MR) is 83.7 cm³/mol. The van der Waals surface area contributed by atoms with Crippen LogP contribution in [0.4, 0.5) is 0 Å². The fourth-order valence-corrected chi connectivity index (χ4v) is 2.96. The van der Waals surface area contributed by atoms with Crippen molar-refractivity contribution in [2.75, 3.05) is 6.54 Å². The Bertz CT molecular complexity index is 642. The van der Waals surface area contributed by atoms with Crippen LogP contribution >= 0.6 is 23.2 Å². The number of benzene rings is 2. The summed E-state index contributed by atoms with van der Waals surface area (Å²) in [6, 6.07) is 11.8. The number of para-hydroxylation sites is 1. The molecule has 0 radical (unpaired) electrons. The van der Waals surface area contributed by atoms with Crippen LogP contribution in [0, 0.1) is 0 Å². The summed E-state index contributed by atoms with van der Waals surface area (Å²) >= 11 is 12.4. The summed E-state index contributed by atoms with van der Waals surface area (Å²) in [6.45, 7) is 0.525. The van der Waals surface area contributed by atoms with Gasteiger partial charge in [0.25, 0.3) is 0 Å². The molecule has 0 bridgehead atoms. The maximum absolute atomic E-state index is 6.33. The minimum absolute atomic E-state index is 0.0709. The van der Waals surface area contributed by atoms with Gasteiger partial charge in [0.15, 0.2) is 0 Å². The molecule has 0 aliphatic carbocycles. The second kappa shape index (κ2) is 5.65. The van der Waals surface area contributed by atoms with Crippen LogP contribution in [0.3, 0.4) is 0 Å². The summed E-state index contributed by atoms with van der Waals surface area (Å²) in [5.74, 6) is 0.887. The number of aryl methyl sites for hydroxylation is 1. The monoisotopic (exact) mass is 307 g/mol. The Morgan fingerprint density at radius 3 is 2.65 bits per heavy atom. The Morgan fingerprint density at radius 1 is 1.10 bits per heavy atom. The number of rotatable bonds is 2. The zero-order chi connectivity index (χ0) is 14.1. The highest BCUT2D eigenvalue weighted by Gasteiger charge is 2.22. The molecule has 1 atom stereocenters. The van der Waals surface area contributed by atoms with E-state index in [9.17, 15) is 0 Å². The van der Waals surface area contributed by atoms with Crippen molar-refractivity contribution in [1.82, 2.24) is 0 Å². The fraction of sp³-hybridized carbons (Fsp3) is 0.250. The van der Waals surface area contributed by atoms with Crippen LogP contribution in [0.5, 0.6) is 5.75 Å². The quantitative estimate of drug-likeness (QED) is 0.897. The van der Waals surface area contributed by atoms with Gasteiger partial charge in [0.1, 0.15) is 11.9 Å². The normalized spacial score (nSPS) is 17.4. The molecular formula is C16H15Cl2NO. The molecule has 20 heavy (non-hydrogen) atoms. The molecule has 0 amide bonds. The molecular weight excluding hydrogens is 293 g/mol. The number of hydrogen-bond donors (Lipinski definition) is 1. The Labute approximate surface area is 128 Å². The molecule has 3 rings (SSSR count). The minimum Gasteiger partial charge on any atom is -0.488 e. The van der Waals surface area contributed by atoms with Crippen LogP contribution in [0.1, 0.15) is 12.0 Å². The summed E-state index contributed by atoms with van der Waals surface area (Å²) in [5.41, 5.74) is 8.81. The van der Waals surface area contributed by atoms with E-state index in [2.05, 4.69) is 6.07 Å². The van der Waals surface area contributed by atoms with E-state index in [0.717, 1.165) is 29.7 Å². The van der Waals surface area contributed by atoms with Crippen molar-refractivity contribution in [3.63, 3.8) is 0 Å². The smallest absolute Gasteiger partial charge is 0.130 e. The van der Waals surface area contributed by atoms with Gasteiger partial charge in [0.2, 0.25) is 0 Å². The lowest BCUT2D eigenvalue weighted by atomic mass is 9.95. The van der Waals surface area contributed by atoms with E-state index in [1.807, 2.05) is 24.3 Å². The van der Waals surface area contributed by atoms with Gasteiger partial charge < -0.3 is 10.5 Å². The lowest BCUT2D eigenvalue weighted by Gasteiger charge is -2.27. The molecule has 0 saturated carbocycles. The van der Waals surface area contributed by atoms with Gasteiger partial charge in [0, 0.05) is 17.7 Å². The number of ether oxygens (including phenoxy) is 1. The summed E-state index contributed by atoms with van der Waals surface area (Å²) in [5, 5.41) is 1.11. The molecule has 2 aromatic carbocycles. The average Bonchev–Trinajstić information content (AvgIpc) is 2.49. The second-order valence-corrected chi connectivity index (χ2v) is 5.69. The number of fused-ring (bicyclic) bond motifs is 1. The van der Waals surface area contributed by atoms with Crippen molar-refractivity contribution >= 4 is 23.2 Å². The molecule has 0 aromatic heterocycles. The first-order valence-electron chi connectivity index (χ1n) is 6.63. The third-order valence-corrected chi connectivity index (χ3v) is 4.44. The van der Waals surface area contributed by atoms with Gasteiger partial charge in [-0.25, -0.2) is 0 Å². The lowest BCUT2D eigenvalue weighted by molar-refractivity contribution is 0.182. The van der Waals surface area contributed by atoms with Gasteiger partial charge in [-0.15, -0.1) is 0 Å². The average molecular weight is 308 g/mol. The first-order chi connectivity index (χ1) is 9.70. The van der Waals surface area contributed by atoms with E-state index in [0.29, 0.717) is 16.6 Å². The van der Waals surface area contributed by atoms with Gasteiger partial charge in [0.05, 0.1) is 10.0 Å². The van der Waals surface area contributed by atoms with Crippen molar-refractivity contribution in [2.24, 2.45) is 5.73 Å². The Kier molecular flexibility index (Phi) is 3.88. The topological polar surface area (TPSA) is 35.2 Å². The molecule has 2 nitrogen and oxygen atoms in total. The molecule has 104 valence electrons. The van der Waals surface area contributed by atoms with Crippen LogP contribution in [0.25, 0.3) is 11.1 Å². The van der Waals surface area contributed by atoms with E-state index < -0.39 is 0 Å². The molecule has 2 aromatic rings. The number of nitrogens with two attached hydrogens (primary N) is 1. The van der Waals surface area contributed by atoms with Crippen molar-refractivity contribution in [2.45, 2.75) is 18.9 Å². The van der Waals surface area contributed by atoms with E-state index in [4.69, 9.17) is 33.7 Å². The maximum Gasteiger partial charge on any atom is 0.130 e. The highest BCUT2D eigenvalue weighted by Crippen LogP contribution is 2.42. The first-order valence-corrected chi connectivity index (χ1v) is 7.39. The largest absolute Gasteiger partial charge is 0.488 e. The highest BCUT2D eigenvalue weighted by atomic mass is 35.5. The molecule has 1 aliphatic rings. The molecule has 0 unspecified atom stereocenters. The molecule has 0 spiro atoms. The summed E-state index contributed by atoms with van der Waals surface area (Å²) in [6.07, 6.45) is 2.00. The van der Waals surface area contributed by atoms with E-state index in [1.54, 1.807) is 6.07 Å². The van der Waals surface area contributed by atoms with Crippen LogP contribution in [0.2, 0.25) is 10.0 Å². The van der Waals surface area contributed by atoms with Crippen molar-refractivity contribution in [1.29, 1.82) is 0 Å². The molecule has 1 heterocycles. The molecule has 4 heteroatoms. The molecule has 2 N–H and O–H groups in total. The second-order valence-electron chi connectivity index (χ2n) is 4.91. The lowest BCUT2D eigenvalue weighted by Crippen LogP contribution is -2.30. The predicted octanol–water partition coefficient (Wildman–Crippen LogP) is 4.31. The number of hydrogen-bond acceptors (Lipinski definition) is 2. The highest BCUT2D eigenvalue weighted by molar-refractivity contribution is 6.43. The minimum atomic E-state index is 0.0709. The Balaban J connectivity index is 2.13. The van der Waals surface area contributed by atoms with Gasteiger partial charge in [-0.2, -0.15) is 0 Å². The van der Waals surface area contributed by atoms with E-state index in [1.165, 1.54) is 5.56 Å². The van der Waals surface area contributed by atoms with Gasteiger partial charge in [-0.05, 0) is 24.5 Å².